The fraction of sp³-hybridized carbons (Fsp3) is 0.846. The topological polar surface area (TPSA) is 84.7 Å². The summed E-state index contributed by atoms with van der Waals surface area (Å²) in [5.41, 5.74) is 5.30. The highest BCUT2D eigenvalue weighted by molar-refractivity contribution is 5.87. The molecule has 108 valence electrons. The minimum absolute atomic E-state index is 0.0183. The minimum atomic E-state index is -0.411. The number of rotatable bonds is 5. The molecule has 6 heteroatoms. The summed E-state index contributed by atoms with van der Waals surface area (Å²) in [4.78, 5) is 24.9. The summed E-state index contributed by atoms with van der Waals surface area (Å²) in [6.45, 7) is 3.04. The summed E-state index contributed by atoms with van der Waals surface area (Å²) in [6, 6.07) is -0.411. The lowest BCUT2D eigenvalue weighted by Crippen LogP contribution is -2.44. The van der Waals surface area contributed by atoms with Gasteiger partial charge in [0, 0.05) is 6.54 Å². The summed E-state index contributed by atoms with van der Waals surface area (Å²) < 4.78 is 5.71. The fourth-order valence-electron chi connectivity index (χ4n) is 2.78. The number of primary amides is 1. The molecule has 2 amide bonds. The van der Waals surface area contributed by atoms with Crippen LogP contribution in [0.1, 0.15) is 32.1 Å². The number of nitrogens with zero attached hydrogens (tertiary/aromatic N) is 1. The van der Waals surface area contributed by atoms with E-state index in [2.05, 4.69) is 5.32 Å². The monoisotopic (exact) mass is 269 g/mol. The molecule has 0 bridgehead atoms. The molecule has 2 aliphatic heterocycles. The third-order valence-electron chi connectivity index (χ3n) is 3.86. The molecule has 2 fully saturated rings. The van der Waals surface area contributed by atoms with E-state index in [1.807, 2.05) is 0 Å². The van der Waals surface area contributed by atoms with E-state index >= 15 is 0 Å². The van der Waals surface area contributed by atoms with Crippen molar-refractivity contribution in [1.29, 1.82) is 0 Å². The second-order valence-corrected chi connectivity index (χ2v) is 5.22. The molecule has 0 saturated carbocycles. The van der Waals surface area contributed by atoms with Gasteiger partial charge in [-0.05, 0) is 38.8 Å². The fourth-order valence-corrected chi connectivity index (χ4v) is 2.78. The molecule has 0 aromatic rings. The molecule has 0 aromatic heterocycles. The molecule has 2 aliphatic rings. The number of nitrogens with two attached hydrogens (primary N) is 1. The van der Waals surface area contributed by atoms with Crippen LogP contribution in [0.15, 0.2) is 0 Å². The molecule has 1 atom stereocenters. The van der Waals surface area contributed by atoms with Gasteiger partial charge in [-0.15, -0.1) is 0 Å². The third kappa shape index (κ3) is 3.91. The van der Waals surface area contributed by atoms with Gasteiger partial charge >= 0.3 is 0 Å². The first-order valence-corrected chi connectivity index (χ1v) is 7.09. The first-order valence-electron chi connectivity index (χ1n) is 7.09. The molecule has 19 heavy (non-hydrogen) atoms. The molecule has 6 nitrogen and oxygen atoms in total. The molecule has 0 aliphatic carbocycles. The molecule has 2 rings (SSSR count). The van der Waals surface area contributed by atoms with Crippen molar-refractivity contribution in [2.24, 2.45) is 5.73 Å². The van der Waals surface area contributed by atoms with Gasteiger partial charge in [0.2, 0.25) is 11.8 Å². The van der Waals surface area contributed by atoms with E-state index < -0.39 is 11.9 Å². The Labute approximate surface area is 113 Å². The van der Waals surface area contributed by atoms with E-state index in [0.29, 0.717) is 26.0 Å². The van der Waals surface area contributed by atoms with Crippen LogP contribution >= 0.6 is 0 Å². The van der Waals surface area contributed by atoms with Gasteiger partial charge in [0.1, 0.15) is 6.04 Å². The number of carbonyl (C=O) groups is 2. The van der Waals surface area contributed by atoms with Crippen LogP contribution in [-0.4, -0.2) is 55.1 Å². The Bertz CT molecular complexity index is 329. The molecule has 0 aromatic carbocycles. The molecule has 1 unspecified atom stereocenters. The van der Waals surface area contributed by atoms with Crippen LogP contribution in [0.2, 0.25) is 0 Å². The zero-order chi connectivity index (χ0) is 13.7. The Balaban J connectivity index is 1.70. The van der Waals surface area contributed by atoms with E-state index in [0.717, 1.165) is 32.4 Å². The molecule has 0 spiro atoms. The Morgan fingerprint density at radius 3 is 2.68 bits per heavy atom. The van der Waals surface area contributed by atoms with Gasteiger partial charge in [-0.2, -0.15) is 0 Å². The van der Waals surface area contributed by atoms with Crippen molar-refractivity contribution in [3.63, 3.8) is 0 Å². The van der Waals surface area contributed by atoms with E-state index in [4.69, 9.17) is 10.5 Å². The van der Waals surface area contributed by atoms with Crippen LogP contribution < -0.4 is 11.1 Å². The maximum atomic E-state index is 12.0. The summed E-state index contributed by atoms with van der Waals surface area (Å²) in [6.07, 6.45) is 4.15. The number of likely N-dealkylation sites (tertiary alicyclic amines) is 1. The predicted molar refractivity (Wildman–Crippen MR) is 70.4 cm³/mol. The van der Waals surface area contributed by atoms with Gasteiger partial charge < -0.3 is 20.7 Å². The lowest BCUT2D eigenvalue weighted by molar-refractivity contribution is -0.138. The highest BCUT2D eigenvalue weighted by Crippen LogP contribution is 2.18. The summed E-state index contributed by atoms with van der Waals surface area (Å²) in [7, 11) is 0. The van der Waals surface area contributed by atoms with E-state index in [9.17, 15) is 9.59 Å². The van der Waals surface area contributed by atoms with Crippen LogP contribution in [0.25, 0.3) is 0 Å². The summed E-state index contributed by atoms with van der Waals surface area (Å²) >= 11 is 0. The van der Waals surface area contributed by atoms with Gasteiger partial charge in [0.15, 0.2) is 0 Å². The quantitative estimate of drug-likeness (QED) is 0.712. The molecule has 0 radical (unpaired) electrons. The summed E-state index contributed by atoms with van der Waals surface area (Å²) in [5, 5.41) is 3.27. The standard InChI is InChI=1S/C13H23N3O3/c14-13(18)11-2-1-8-16(11)12(17)5-9-19-10-3-6-15-7-4-10/h10-11,15H,1-9H2,(H2,14,18). The second-order valence-electron chi connectivity index (χ2n) is 5.22. The molecule has 2 heterocycles. The van der Waals surface area contributed by atoms with Crippen molar-refractivity contribution in [2.45, 2.75) is 44.2 Å². The maximum Gasteiger partial charge on any atom is 0.240 e. The SMILES string of the molecule is NC(=O)C1CCCN1C(=O)CCOC1CCNCC1. The van der Waals surface area contributed by atoms with E-state index in [-0.39, 0.29) is 12.0 Å². The van der Waals surface area contributed by atoms with Crippen molar-refractivity contribution in [3.05, 3.63) is 0 Å². The molecule has 3 N–H and O–H groups in total. The van der Waals surface area contributed by atoms with Gasteiger partial charge in [0.05, 0.1) is 19.1 Å². The lowest BCUT2D eigenvalue weighted by Gasteiger charge is -2.25. The number of ether oxygens (including phenoxy) is 1. The Kier molecular flexibility index (Phi) is 5.15. The number of piperidine rings is 1. The normalized spacial score (nSPS) is 24.6. The highest BCUT2D eigenvalue weighted by atomic mass is 16.5. The number of hydrogen-bond acceptors (Lipinski definition) is 4. The molecule has 2 saturated heterocycles. The van der Waals surface area contributed by atoms with Crippen LogP contribution in [0.4, 0.5) is 0 Å². The zero-order valence-corrected chi connectivity index (χ0v) is 11.3. The lowest BCUT2D eigenvalue weighted by atomic mass is 10.1. The number of carbonyl (C=O) groups excluding carboxylic acids is 2. The number of hydrogen-bond donors (Lipinski definition) is 2. The highest BCUT2D eigenvalue weighted by Gasteiger charge is 2.32. The first-order chi connectivity index (χ1) is 9.18. The van der Waals surface area contributed by atoms with E-state index in [1.54, 1.807) is 4.90 Å². The van der Waals surface area contributed by atoms with Gasteiger partial charge in [0.25, 0.3) is 0 Å². The van der Waals surface area contributed by atoms with Crippen molar-refractivity contribution in [3.8, 4) is 0 Å². The largest absolute Gasteiger partial charge is 0.378 e. The Morgan fingerprint density at radius 2 is 2.00 bits per heavy atom. The average Bonchev–Trinajstić information content (AvgIpc) is 2.89. The van der Waals surface area contributed by atoms with Crippen molar-refractivity contribution < 1.29 is 14.3 Å². The Morgan fingerprint density at radius 1 is 1.26 bits per heavy atom. The van der Waals surface area contributed by atoms with Crippen LogP contribution in [0.3, 0.4) is 0 Å². The third-order valence-corrected chi connectivity index (χ3v) is 3.86. The van der Waals surface area contributed by atoms with E-state index in [1.165, 1.54) is 0 Å². The van der Waals surface area contributed by atoms with Crippen molar-refractivity contribution in [2.75, 3.05) is 26.2 Å². The van der Waals surface area contributed by atoms with Crippen LogP contribution in [0, 0.1) is 0 Å². The number of nitrogens with one attached hydrogen (secondary N) is 1. The summed E-state index contributed by atoms with van der Waals surface area (Å²) in [5.74, 6) is -0.416. The smallest absolute Gasteiger partial charge is 0.240 e. The average molecular weight is 269 g/mol. The minimum Gasteiger partial charge on any atom is -0.378 e. The maximum absolute atomic E-state index is 12.0. The van der Waals surface area contributed by atoms with Gasteiger partial charge in [-0.25, -0.2) is 0 Å². The molecular formula is C13H23N3O3. The predicted octanol–water partition coefficient (Wildman–Crippen LogP) is -0.379. The first kappa shape index (κ1) is 14.3. The number of amides is 2. The molecular weight excluding hydrogens is 246 g/mol. The van der Waals surface area contributed by atoms with Crippen LogP contribution in [0.5, 0.6) is 0 Å². The zero-order valence-electron chi connectivity index (χ0n) is 11.3. The Hall–Kier alpha value is -1.14. The second kappa shape index (κ2) is 6.86. The van der Waals surface area contributed by atoms with Gasteiger partial charge in [-0.3, -0.25) is 9.59 Å². The van der Waals surface area contributed by atoms with Crippen LogP contribution in [-0.2, 0) is 14.3 Å². The van der Waals surface area contributed by atoms with Gasteiger partial charge in [-0.1, -0.05) is 0 Å². The van der Waals surface area contributed by atoms with Crippen molar-refractivity contribution in [1.82, 2.24) is 10.2 Å². The van der Waals surface area contributed by atoms with Crippen molar-refractivity contribution >= 4 is 11.8 Å².